The predicted molar refractivity (Wildman–Crippen MR) is 81.3 cm³/mol. The Hall–Kier alpha value is -2.14. The molecule has 0 saturated heterocycles. The fourth-order valence-corrected chi connectivity index (χ4v) is 2.02. The van der Waals surface area contributed by atoms with E-state index in [1.807, 2.05) is 6.92 Å². The topological polar surface area (TPSA) is 75.6 Å². The fourth-order valence-electron chi connectivity index (χ4n) is 2.02. The van der Waals surface area contributed by atoms with E-state index in [0.29, 0.717) is 17.7 Å². The monoisotopic (exact) mass is 291 g/mol. The van der Waals surface area contributed by atoms with E-state index < -0.39 is 5.97 Å². The molecule has 1 amide bonds. The summed E-state index contributed by atoms with van der Waals surface area (Å²) in [5, 5.41) is 11.8. The number of amides is 1. The molecule has 1 aromatic carbocycles. The molecule has 0 saturated carbocycles. The number of benzene rings is 1. The molecule has 5 heteroatoms. The molecule has 114 valence electrons. The molecule has 0 heterocycles. The van der Waals surface area contributed by atoms with Crippen LogP contribution in [0.2, 0.25) is 0 Å². The number of hydrogen-bond donors (Lipinski definition) is 2. The third-order valence-electron chi connectivity index (χ3n) is 2.92. The van der Waals surface area contributed by atoms with Crippen molar-refractivity contribution in [2.75, 3.05) is 12.4 Å². The number of carboxylic acids is 1. The first-order valence-corrected chi connectivity index (χ1v) is 6.65. The summed E-state index contributed by atoms with van der Waals surface area (Å²) in [6, 6.07) is 4.67. The zero-order chi connectivity index (χ0) is 16.0. The maximum atomic E-state index is 12.1. The standard InChI is InChI=1S/C16H21NO4/c1-10(2)5-11(3)15(18)17-14-7-12(9-21-4)6-13(8-14)16(19)20/h6-8,11H,1,5,9H2,2-4H3,(H,17,18)(H,19,20). The number of methoxy groups -OCH3 is 1. The van der Waals surface area contributed by atoms with Gasteiger partial charge in [0.15, 0.2) is 0 Å². The van der Waals surface area contributed by atoms with Crippen molar-refractivity contribution in [2.24, 2.45) is 5.92 Å². The Kier molecular flexibility index (Phi) is 6.11. The van der Waals surface area contributed by atoms with Gasteiger partial charge in [0.05, 0.1) is 12.2 Å². The van der Waals surface area contributed by atoms with E-state index in [1.165, 1.54) is 19.2 Å². The van der Waals surface area contributed by atoms with Gasteiger partial charge in [-0.25, -0.2) is 4.79 Å². The van der Waals surface area contributed by atoms with E-state index in [1.54, 1.807) is 13.0 Å². The summed E-state index contributed by atoms with van der Waals surface area (Å²) >= 11 is 0. The molecule has 0 spiro atoms. The van der Waals surface area contributed by atoms with Crippen LogP contribution < -0.4 is 5.32 Å². The molecule has 1 rings (SSSR count). The van der Waals surface area contributed by atoms with Gasteiger partial charge in [-0.05, 0) is 37.1 Å². The molecule has 5 nitrogen and oxygen atoms in total. The summed E-state index contributed by atoms with van der Waals surface area (Å²) in [5.74, 6) is -1.43. The van der Waals surface area contributed by atoms with Crippen LogP contribution in [0, 0.1) is 5.92 Å². The SMILES string of the molecule is C=C(C)CC(C)C(=O)Nc1cc(COC)cc(C(=O)O)c1. The van der Waals surface area contributed by atoms with E-state index >= 15 is 0 Å². The fraction of sp³-hybridized carbons (Fsp3) is 0.375. The van der Waals surface area contributed by atoms with Crippen LogP contribution in [0.15, 0.2) is 30.4 Å². The first-order valence-electron chi connectivity index (χ1n) is 6.65. The molecule has 0 bridgehead atoms. The lowest BCUT2D eigenvalue weighted by Crippen LogP contribution is -2.21. The number of allylic oxidation sites excluding steroid dienone is 1. The molecule has 0 aliphatic carbocycles. The quantitative estimate of drug-likeness (QED) is 0.757. The van der Waals surface area contributed by atoms with Crippen LogP contribution in [-0.2, 0) is 16.1 Å². The average Bonchev–Trinajstić information content (AvgIpc) is 2.37. The number of carboxylic acid groups (broad SMARTS) is 1. The number of carbonyl (C=O) groups is 2. The number of hydrogen-bond acceptors (Lipinski definition) is 3. The maximum absolute atomic E-state index is 12.1. The minimum Gasteiger partial charge on any atom is -0.478 e. The minimum absolute atomic E-state index is 0.118. The molecule has 0 radical (unpaired) electrons. The minimum atomic E-state index is -1.04. The van der Waals surface area contributed by atoms with Crippen molar-refractivity contribution in [1.82, 2.24) is 0 Å². The van der Waals surface area contributed by atoms with Crippen LogP contribution in [0.5, 0.6) is 0 Å². The van der Waals surface area contributed by atoms with E-state index in [0.717, 1.165) is 5.57 Å². The molecule has 21 heavy (non-hydrogen) atoms. The van der Waals surface area contributed by atoms with Gasteiger partial charge >= 0.3 is 5.97 Å². The van der Waals surface area contributed by atoms with Crippen molar-refractivity contribution in [3.05, 3.63) is 41.5 Å². The first-order chi connectivity index (χ1) is 9.83. The van der Waals surface area contributed by atoms with Gasteiger partial charge < -0.3 is 15.2 Å². The largest absolute Gasteiger partial charge is 0.478 e. The second kappa shape index (κ2) is 7.59. The van der Waals surface area contributed by atoms with E-state index in [9.17, 15) is 9.59 Å². The summed E-state index contributed by atoms with van der Waals surface area (Å²) in [7, 11) is 1.53. The van der Waals surface area contributed by atoms with Crippen LogP contribution in [-0.4, -0.2) is 24.1 Å². The molecular formula is C16H21NO4. The van der Waals surface area contributed by atoms with E-state index in [-0.39, 0.29) is 24.0 Å². The summed E-state index contributed by atoms with van der Waals surface area (Å²) in [5.41, 5.74) is 2.20. The number of rotatable bonds is 7. The van der Waals surface area contributed by atoms with Crippen molar-refractivity contribution in [3.8, 4) is 0 Å². The Bertz CT molecular complexity index is 551. The number of aromatic carboxylic acids is 1. The van der Waals surface area contributed by atoms with Crippen molar-refractivity contribution >= 4 is 17.6 Å². The zero-order valence-corrected chi connectivity index (χ0v) is 12.6. The molecule has 1 aromatic rings. The van der Waals surface area contributed by atoms with Crippen molar-refractivity contribution in [2.45, 2.75) is 26.9 Å². The number of nitrogens with one attached hydrogen (secondary N) is 1. The smallest absolute Gasteiger partial charge is 0.335 e. The zero-order valence-electron chi connectivity index (χ0n) is 12.6. The predicted octanol–water partition coefficient (Wildman–Crippen LogP) is 3.07. The lowest BCUT2D eigenvalue weighted by molar-refractivity contribution is -0.119. The Labute approximate surface area is 124 Å². The molecule has 1 unspecified atom stereocenters. The average molecular weight is 291 g/mol. The van der Waals surface area contributed by atoms with Crippen LogP contribution >= 0.6 is 0 Å². The highest BCUT2D eigenvalue weighted by molar-refractivity contribution is 5.95. The van der Waals surface area contributed by atoms with Crippen LogP contribution in [0.25, 0.3) is 0 Å². The van der Waals surface area contributed by atoms with Crippen molar-refractivity contribution in [1.29, 1.82) is 0 Å². The first kappa shape index (κ1) is 16.9. The second-order valence-electron chi connectivity index (χ2n) is 5.21. The van der Waals surface area contributed by atoms with Gasteiger partial charge in [0.2, 0.25) is 5.91 Å². The third kappa shape index (κ3) is 5.39. The molecule has 0 aromatic heterocycles. The Morgan fingerprint density at radius 1 is 1.38 bits per heavy atom. The lowest BCUT2D eigenvalue weighted by Gasteiger charge is -2.13. The molecule has 0 fully saturated rings. The number of anilines is 1. The number of carbonyl (C=O) groups excluding carboxylic acids is 1. The highest BCUT2D eigenvalue weighted by Crippen LogP contribution is 2.18. The molecule has 1 atom stereocenters. The summed E-state index contributed by atoms with van der Waals surface area (Å²) in [6.07, 6.45) is 0.593. The van der Waals surface area contributed by atoms with E-state index in [2.05, 4.69) is 11.9 Å². The highest BCUT2D eigenvalue weighted by atomic mass is 16.5. The number of ether oxygens (including phenoxy) is 1. The normalized spacial score (nSPS) is 11.8. The van der Waals surface area contributed by atoms with Crippen LogP contribution in [0.1, 0.15) is 36.2 Å². The molecule has 0 aliphatic rings. The van der Waals surface area contributed by atoms with Gasteiger partial charge in [0.1, 0.15) is 0 Å². The summed E-state index contributed by atoms with van der Waals surface area (Å²) in [6.45, 7) is 7.74. The second-order valence-corrected chi connectivity index (χ2v) is 5.21. The van der Waals surface area contributed by atoms with Crippen molar-refractivity contribution < 1.29 is 19.4 Å². The van der Waals surface area contributed by atoms with Gasteiger partial charge in [-0.15, -0.1) is 6.58 Å². The van der Waals surface area contributed by atoms with Crippen LogP contribution in [0.3, 0.4) is 0 Å². The highest BCUT2D eigenvalue weighted by Gasteiger charge is 2.15. The van der Waals surface area contributed by atoms with Crippen molar-refractivity contribution in [3.63, 3.8) is 0 Å². The molecule has 0 aliphatic heterocycles. The maximum Gasteiger partial charge on any atom is 0.335 e. The Morgan fingerprint density at radius 2 is 2.05 bits per heavy atom. The molecular weight excluding hydrogens is 270 g/mol. The lowest BCUT2D eigenvalue weighted by atomic mass is 10.0. The Morgan fingerprint density at radius 3 is 2.57 bits per heavy atom. The van der Waals surface area contributed by atoms with Gasteiger partial charge in [-0.2, -0.15) is 0 Å². The molecule has 2 N–H and O–H groups in total. The Balaban J connectivity index is 2.93. The van der Waals surface area contributed by atoms with E-state index in [4.69, 9.17) is 9.84 Å². The van der Waals surface area contributed by atoms with Crippen LogP contribution in [0.4, 0.5) is 5.69 Å². The van der Waals surface area contributed by atoms with Gasteiger partial charge in [-0.1, -0.05) is 12.5 Å². The van der Waals surface area contributed by atoms with Gasteiger partial charge in [0.25, 0.3) is 0 Å². The third-order valence-corrected chi connectivity index (χ3v) is 2.92. The van der Waals surface area contributed by atoms with Gasteiger partial charge in [0, 0.05) is 18.7 Å². The summed E-state index contributed by atoms with van der Waals surface area (Å²) < 4.78 is 5.01. The van der Waals surface area contributed by atoms with Gasteiger partial charge in [-0.3, -0.25) is 4.79 Å². The summed E-state index contributed by atoms with van der Waals surface area (Å²) in [4.78, 5) is 23.2.